The minimum Gasteiger partial charge on any atom is -0.480 e. The first-order valence-corrected chi connectivity index (χ1v) is 6.56. The lowest BCUT2D eigenvalue weighted by molar-refractivity contribution is -0.146. The predicted molar refractivity (Wildman–Crippen MR) is 70.6 cm³/mol. The first kappa shape index (κ1) is 14.4. The lowest BCUT2D eigenvalue weighted by Gasteiger charge is -2.22. The summed E-state index contributed by atoms with van der Waals surface area (Å²) >= 11 is 2.97. The van der Waals surface area contributed by atoms with Gasteiger partial charge in [0.2, 0.25) is 5.91 Å². The Morgan fingerprint density at radius 1 is 1.45 bits per heavy atom. The summed E-state index contributed by atoms with van der Waals surface area (Å²) in [6, 6.07) is -1.71. The van der Waals surface area contributed by atoms with Crippen LogP contribution in [0.2, 0.25) is 0 Å². The van der Waals surface area contributed by atoms with Crippen LogP contribution in [0.4, 0.5) is 0 Å². The predicted octanol–water partition coefficient (Wildman–Crippen LogP) is -0.126. The van der Waals surface area contributed by atoms with E-state index in [2.05, 4.69) is 22.5 Å². The van der Waals surface area contributed by atoms with Gasteiger partial charge in [0.1, 0.15) is 6.04 Å². The molecule has 0 bridgehead atoms. The fraction of sp³-hybridized carbons (Fsp3) is 0.333. The van der Waals surface area contributed by atoms with E-state index in [1.807, 2.05) is 0 Å². The number of carbonyl (C=O) groups is 4. The third-order valence-electron chi connectivity index (χ3n) is 3.30. The summed E-state index contributed by atoms with van der Waals surface area (Å²) in [6.07, 6.45) is 2.16. The van der Waals surface area contributed by atoms with Gasteiger partial charge in [-0.05, 0) is 22.0 Å². The second-order valence-electron chi connectivity index (χ2n) is 4.44. The van der Waals surface area contributed by atoms with Crippen LogP contribution in [-0.4, -0.2) is 57.2 Å². The number of carboxylic acid groups (broad SMARTS) is 1. The van der Waals surface area contributed by atoms with Crippen molar-refractivity contribution >= 4 is 39.6 Å². The Bertz CT molecular complexity index is 556. The van der Waals surface area contributed by atoms with Crippen LogP contribution in [0.15, 0.2) is 23.2 Å². The van der Waals surface area contributed by atoms with Crippen molar-refractivity contribution in [2.45, 2.75) is 18.5 Å². The van der Waals surface area contributed by atoms with Gasteiger partial charge in [0, 0.05) is 19.0 Å². The van der Waals surface area contributed by atoms with Gasteiger partial charge in [0.25, 0.3) is 11.8 Å². The first-order valence-electron chi connectivity index (χ1n) is 5.77. The Balaban J connectivity index is 2.23. The summed E-state index contributed by atoms with van der Waals surface area (Å²) in [5.74, 6) is -2.74. The number of imide groups is 1. The zero-order chi connectivity index (χ0) is 15.0. The summed E-state index contributed by atoms with van der Waals surface area (Å²) in [6.45, 7) is 3.31. The van der Waals surface area contributed by atoms with Crippen molar-refractivity contribution in [1.82, 2.24) is 9.80 Å². The molecule has 20 heavy (non-hydrogen) atoms. The summed E-state index contributed by atoms with van der Waals surface area (Å²) in [7, 11) is 0. The van der Waals surface area contributed by atoms with Gasteiger partial charge in [-0.1, -0.05) is 6.58 Å². The maximum Gasteiger partial charge on any atom is 0.326 e. The molecule has 0 saturated carbocycles. The number of carbonyl (C=O) groups excluding carboxylic acids is 3. The second-order valence-corrected chi connectivity index (χ2v) is 5.30. The topological polar surface area (TPSA) is 95.0 Å². The van der Waals surface area contributed by atoms with Crippen molar-refractivity contribution in [2.75, 3.05) is 6.54 Å². The zero-order valence-corrected chi connectivity index (χ0v) is 11.9. The van der Waals surface area contributed by atoms with Gasteiger partial charge in [0.15, 0.2) is 0 Å². The Labute approximate surface area is 122 Å². The van der Waals surface area contributed by atoms with Crippen LogP contribution in [-0.2, 0) is 19.2 Å². The Morgan fingerprint density at radius 3 is 2.55 bits per heavy atom. The molecule has 0 spiro atoms. The van der Waals surface area contributed by atoms with Crippen LogP contribution in [0, 0.1) is 0 Å². The average Bonchev–Trinajstić information content (AvgIpc) is 2.91. The highest BCUT2D eigenvalue weighted by Crippen LogP contribution is 2.28. The van der Waals surface area contributed by atoms with Crippen LogP contribution >= 0.6 is 15.9 Å². The Morgan fingerprint density at radius 2 is 2.10 bits per heavy atom. The third-order valence-corrected chi connectivity index (χ3v) is 3.87. The first-order chi connectivity index (χ1) is 9.36. The molecular weight excluding hydrogens is 332 g/mol. The van der Waals surface area contributed by atoms with Crippen molar-refractivity contribution in [3.8, 4) is 0 Å². The average molecular weight is 343 g/mol. The number of amides is 3. The van der Waals surface area contributed by atoms with Gasteiger partial charge in [-0.2, -0.15) is 0 Å². The monoisotopic (exact) mass is 342 g/mol. The molecule has 1 N–H and O–H groups in total. The van der Waals surface area contributed by atoms with Crippen molar-refractivity contribution in [3.63, 3.8) is 0 Å². The van der Waals surface area contributed by atoms with Gasteiger partial charge in [-0.25, -0.2) is 4.79 Å². The van der Waals surface area contributed by atoms with Gasteiger partial charge < -0.3 is 10.0 Å². The maximum absolute atomic E-state index is 11.8. The maximum atomic E-state index is 11.8. The molecule has 2 rings (SSSR count). The second kappa shape index (κ2) is 5.20. The molecule has 8 heteroatoms. The molecular formula is C12H11BrN2O5. The molecule has 1 saturated heterocycles. The zero-order valence-electron chi connectivity index (χ0n) is 10.3. The molecule has 0 aromatic heterocycles. The third kappa shape index (κ3) is 2.26. The number of carboxylic acids is 1. The molecule has 106 valence electrons. The molecule has 2 heterocycles. The van der Waals surface area contributed by atoms with E-state index in [-0.39, 0.29) is 17.4 Å². The van der Waals surface area contributed by atoms with E-state index in [0.717, 1.165) is 22.0 Å². The van der Waals surface area contributed by atoms with Crippen molar-refractivity contribution in [2.24, 2.45) is 0 Å². The number of halogens is 1. The van der Waals surface area contributed by atoms with Crippen LogP contribution in [0.1, 0.15) is 6.42 Å². The summed E-state index contributed by atoms with van der Waals surface area (Å²) in [4.78, 5) is 48.5. The molecule has 2 atom stereocenters. The summed E-state index contributed by atoms with van der Waals surface area (Å²) in [5, 5.41) is 9.13. The smallest absolute Gasteiger partial charge is 0.326 e. The Kier molecular flexibility index (Phi) is 3.76. The number of hydrogen-bond acceptors (Lipinski definition) is 4. The van der Waals surface area contributed by atoms with E-state index in [4.69, 9.17) is 5.11 Å². The minimum absolute atomic E-state index is 0.00653. The lowest BCUT2D eigenvalue weighted by Crippen LogP contribution is -2.43. The van der Waals surface area contributed by atoms with E-state index in [0.29, 0.717) is 0 Å². The normalized spacial score (nSPS) is 25.9. The molecule has 0 aromatic rings. The highest BCUT2D eigenvalue weighted by atomic mass is 79.9. The summed E-state index contributed by atoms with van der Waals surface area (Å²) < 4.78 is 0.128. The van der Waals surface area contributed by atoms with Crippen molar-refractivity contribution in [3.05, 3.63) is 23.2 Å². The van der Waals surface area contributed by atoms with E-state index in [1.165, 1.54) is 0 Å². The van der Waals surface area contributed by atoms with E-state index < -0.39 is 35.8 Å². The fourth-order valence-corrected chi connectivity index (χ4v) is 2.78. The largest absolute Gasteiger partial charge is 0.480 e. The molecule has 0 radical (unpaired) electrons. The highest BCUT2D eigenvalue weighted by molar-refractivity contribution is 9.12. The van der Waals surface area contributed by atoms with Gasteiger partial charge in [0.05, 0.1) is 10.5 Å². The molecule has 3 amide bonds. The number of likely N-dealkylation sites (tertiary alicyclic amines) is 1. The highest BCUT2D eigenvalue weighted by Gasteiger charge is 2.46. The van der Waals surface area contributed by atoms with E-state index in [9.17, 15) is 19.2 Å². The quantitative estimate of drug-likeness (QED) is 0.569. The lowest BCUT2D eigenvalue weighted by atomic mass is 10.1. The molecule has 2 aliphatic heterocycles. The van der Waals surface area contributed by atoms with Crippen LogP contribution < -0.4 is 0 Å². The van der Waals surface area contributed by atoms with Crippen molar-refractivity contribution < 1.29 is 24.3 Å². The molecule has 0 aromatic carbocycles. The summed E-state index contributed by atoms with van der Waals surface area (Å²) in [5.41, 5.74) is 0. The molecule has 0 aliphatic carbocycles. The van der Waals surface area contributed by atoms with E-state index >= 15 is 0 Å². The minimum atomic E-state index is -1.17. The standard InChI is InChI=1S/C12H11BrN2O5/c1-2-9(16)14-5-6(3-8(14)12(19)20)15-10(17)4-7(13)11(15)18/h2,4,6,8H,1,3,5H2,(H,19,20)/t6?,8-/m0/s1. The Hall–Kier alpha value is -1.96. The van der Waals surface area contributed by atoms with Crippen LogP contribution in [0.5, 0.6) is 0 Å². The van der Waals surface area contributed by atoms with Crippen molar-refractivity contribution in [1.29, 1.82) is 0 Å². The van der Waals surface area contributed by atoms with Gasteiger partial charge in [-0.3, -0.25) is 19.3 Å². The number of aliphatic carboxylic acids is 1. The molecule has 2 aliphatic rings. The number of nitrogens with zero attached hydrogens (tertiary/aromatic N) is 2. The molecule has 7 nitrogen and oxygen atoms in total. The molecule has 1 unspecified atom stereocenters. The fourth-order valence-electron chi connectivity index (χ4n) is 2.40. The van der Waals surface area contributed by atoms with E-state index in [1.54, 1.807) is 0 Å². The number of hydrogen-bond donors (Lipinski definition) is 1. The number of rotatable bonds is 3. The van der Waals surface area contributed by atoms with Gasteiger partial charge >= 0.3 is 5.97 Å². The SMILES string of the molecule is C=CC(=O)N1CC(N2C(=O)C=C(Br)C2=O)C[C@H]1C(=O)O. The van der Waals surface area contributed by atoms with Crippen LogP contribution in [0.3, 0.4) is 0 Å². The van der Waals surface area contributed by atoms with Gasteiger partial charge in [-0.15, -0.1) is 0 Å². The molecule has 1 fully saturated rings. The van der Waals surface area contributed by atoms with Crippen LogP contribution in [0.25, 0.3) is 0 Å².